The van der Waals surface area contributed by atoms with E-state index < -0.39 is 10.0 Å². The second-order valence-corrected chi connectivity index (χ2v) is 11.3. The van der Waals surface area contributed by atoms with E-state index in [9.17, 15) is 13.2 Å². The number of likely N-dealkylation sites (tertiary alicyclic amines) is 1. The van der Waals surface area contributed by atoms with Gasteiger partial charge < -0.3 is 4.90 Å². The molecule has 0 radical (unpaired) electrons. The summed E-state index contributed by atoms with van der Waals surface area (Å²) in [5.41, 5.74) is 3.59. The molecule has 1 saturated heterocycles. The lowest BCUT2D eigenvalue weighted by molar-refractivity contribution is 0.0690. The van der Waals surface area contributed by atoms with Gasteiger partial charge in [0.15, 0.2) is 0 Å². The van der Waals surface area contributed by atoms with Gasteiger partial charge in [-0.15, -0.1) is 0 Å². The average molecular weight is 475 g/mol. The highest BCUT2D eigenvalue weighted by Gasteiger charge is 2.36. The van der Waals surface area contributed by atoms with Gasteiger partial charge in [-0.1, -0.05) is 48.5 Å². The van der Waals surface area contributed by atoms with E-state index in [2.05, 4.69) is 24.3 Å². The summed E-state index contributed by atoms with van der Waals surface area (Å²) in [4.78, 5) is 15.5. The van der Waals surface area contributed by atoms with Crippen molar-refractivity contribution in [1.29, 1.82) is 0 Å². The fourth-order valence-corrected chi connectivity index (χ4v) is 6.99. The van der Waals surface area contributed by atoms with Crippen LogP contribution in [0.3, 0.4) is 0 Å². The highest BCUT2D eigenvalue weighted by atomic mass is 32.2. The summed E-state index contributed by atoms with van der Waals surface area (Å²) >= 11 is 0. The number of nitrogens with zero attached hydrogens (tertiary/aromatic N) is 2. The topological polar surface area (TPSA) is 57.7 Å². The number of carbonyl (C=O) groups excluding carboxylic acids is 1. The number of fused-ring (bicyclic) bond motifs is 1. The van der Waals surface area contributed by atoms with Gasteiger partial charge in [0.05, 0.1) is 10.6 Å². The van der Waals surface area contributed by atoms with Gasteiger partial charge in [0.1, 0.15) is 0 Å². The average Bonchev–Trinajstić information content (AvgIpc) is 3.21. The minimum atomic E-state index is -3.65. The van der Waals surface area contributed by atoms with Crippen molar-refractivity contribution < 1.29 is 13.2 Å². The number of hydrogen-bond acceptors (Lipinski definition) is 3. The molecular weight excluding hydrogens is 444 g/mol. The van der Waals surface area contributed by atoms with E-state index in [1.54, 1.807) is 36.4 Å². The summed E-state index contributed by atoms with van der Waals surface area (Å²) in [5, 5.41) is 0. The summed E-state index contributed by atoms with van der Waals surface area (Å²) in [6.07, 6.45) is 3.67. The molecular formula is C28H30N2O3S. The van der Waals surface area contributed by atoms with Crippen LogP contribution in [0, 0.1) is 5.92 Å². The van der Waals surface area contributed by atoms with Gasteiger partial charge in [0, 0.05) is 24.7 Å². The first-order valence-corrected chi connectivity index (χ1v) is 13.4. The molecule has 0 bridgehead atoms. The summed E-state index contributed by atoms with van der Waals surface area (Å²) < 4.78 is 28.1. The second-order valence-electron chi connectivity index (χ2n) is 9.44. The van der Waals surface area contributed by atoms with Gasteiger partial charge in [-0.2, -0.15) is 0 Å². The van der Waals surface area contributed by atoms with Gasteiger partial charge in [-0.05, 0) is 80.0 Å². The first kappa shape index (κ1) is 22.7. The number of carbonyl (C=O) groups is 1. The SMILES string of the molecule is C[C@H]1Cc2cc(C(=O)N3CCC(Cc4ccccc4)CC3)ccc2N1S(=O)(=O)c1ccccc1. The third kappa shape index (κ3) is 4.34. The minimum Gasteiger partial charge on any atom is -0.339 e. The molecule has 34 heavy (non-hydrogen) atoms. The molecule has 6 heteroatoms. The summed E-state index contributed by atoms with van der Waals surface area (Å²) in [5.74, 6) is 0.641. The Kier molecular flexibility index (Phi) is 6.17. The van der Waals surface area contributed by atoms with Crippen molar-refractivity contribution >= 4 is 21.6 Å². The van der Waals surface area contributed by atoms with Crippen LogP contribution in [0.25, 0.3) is 0 Å². The normalized spacial score (nSPS) is 18.7. The largest absolute Gasteiger partial charge is 0.339 e. The zero-order chi connectivity index (χ0) is 23.7. The lowest BCUT2D eigenvalue weighted by Crippen LogP contribution is -2.39. The van der Waals surface area contributed by atoms with Crippen LogP contribution in [0.4, 0.5) is 5.69 Å². The maximum atomic E-state index is 13.3. The standard InChI is InChI=1S/C28H30N2O3S/c1-21-18-25-20-24(12-13-27(25)30(21)34(32,33)26-10-6-3-7-11-26)28(31)29-16-14-23(15-17-29)19-22-8-4-2-5-9-22/h2-13,20-21,23H,14-19H2,1H3/t21-/m0/s1. The molecule has 0 N–H and O–H groups in total. The maximum absolute atomic E-state index is 13.3. The predicted molar refractivity (Wildman–Crippen MR) is 134 cm³/mol. The molecule has 0 saturated carbocycles. The van der Waals surface area contributed by atoms with Crippen molar-refractivity contribution in [3.05, 3.63) is 95.6 Å². The Hall–Kier alpha value is -3.12. The summed E-state index contributed by atoms with van der Waals surface area (Å²) in [7, 11) is -3.65. The first-order valence-electron chi connectivity index (χ1n) is 12.0. The molecule has 0 aromatic heterocycles. The van der Waals surface area contributed by atoms with Crippen molar-refractivity contribution in [3.63, 3.8) is 0 Å². The number of anilines is 1. The van der Waals surface area contributed by atoms with E-state index in [0.717, 1.165) is 37.9 Å². The maximum Gasteiger partial charge on any atom is 0.264 e. The Labute approximate surface area is 202 Å². The monoisotopic (exact) mass is 474 g/mol. The molecule has 0 aliphatic carbocycles. The van der Waals surface area contributed by atoms with Gasteiger partial charge in [-0.3, -0.25) is 9.10 Å². The van der Waals surface area contributed by atoms with Crippen molar-refractivity contribution in [1.82, 2.24) is 4.90 Å². The van der Waals surface area contributed by atoms with Crippen molar-refractivity contribution in [2.24, 2.45) is 5.92 Å². The van der Waals surface area contributed by atoms with Crippen LogP contribution in [-0.2, 0) is 22.9 Å². The van der Waals surface area contributed by atoms with Crippen molar-refractivity contribution in [2.45, 2.75) is 43.5 Å². The zero-order valence-electron chi connectivity index (χ0n) is 19.4. The number of rotatable bonds is 5. The van der Waals surface area contributed by atoms with Crippen LogP contribution in [0.15, 0.2) is 83.8 Å². The Balaban J connectivity index is 1.29. The van der Waals surface area contributed by atoms with E-state index in [0.29, 0.717) is 23.6 Å². The number of hydrogen-bond donors (Lipinski definition) is 0. The van der Waals surface area contributed by atoms with Crippen LogP contribution in [0.5, 0.6) is 0 Å². The highest BCUT2D eigenvalue weighted by molar-refractivity contribution is 7.92. The number of sulfonamides is 1. The van der Waals surface area contributed by atoms with Crippen LogP contribution >= 0.6 is 0 Å². The molecule has 3 aromatic carbocycles. The van der Waals surface area contributed by atoms with Gasteiger partial charge >= 0.3 is 0 Å². The van der Waals surface area contributed by atoms with Crippen LogP contribution in [0.1, 0.15) is 41.3 Å². The molecule has 0 spiro atoms. The number of piperidine rings is 1. The molecule has 1 fully saturated rings. The molecule has 2 heterocycles. The Morgan fingerprint density at radius 1 is 0.912 bits per heavy atom. The molecule has 0 unspecified atom stereocenters. The van der Waals surface area contributed by atoms with E-state index in [-0.39, 0.29) is 16.8 Å². The lowest BCUT2D eigenvalue weighted by atomic mass is 9.90. The number of benzene rings is 3. The molecule has 2 aliphatic rings. The number of amides is 1. The molecule has 5 nitrogen and oxygen atoms in total. The third-order valence-electron chi connectivity index (χ3n) is 7.05. The third-order valence-corrected chi connectivity index (χ3v) is 8.99. The van der Waals surface area contributed by atoms with E-state index >= 15 is 0 Å². The molecule has 3 aromatic rings. The molecule has 176 valence electrons. The zero-order valence-corrected chi connectivity index (χ0v) is 20.2. The summed E-state index contributed by atoms with van der Waals surface area (Å²) in [6.45, 7) is 3.44. The van der Waals surface area contributed by atoms with E-state index in [4.69, 9.17) is 0 Å². The molecule has 1 atom stereocenters. The van der Waals surface area contributed by atoms with Gasteiger partial charge in [0.25, 0.3) is 15.9 Å². The van der Waals surface area contributed by atoms with Gasteiger partial charge in [0.2, 0.25) is 0 Å². The van der Waals surface area contributed by atoms with E-state index in [1.807, 2.05) is 30.0 Å². The highest BCUT2D eigenvalue weighted by Crippen LogP contribution is 2.37. The van der Waals surface area contributed by atoms with Crippen molar-refractivity contribution in [2.75, 3.05) is 17.4 Å². The minimum absolute atomic E-state index is 0.0398. The fourth-order valence-electron chi connectivity index (χ4n) is 5.28. The van der Waals surface area contributed by atoms with Crippen molar-refractivity contribution in [3.8, 4) is 0 Å². The Morgan fingerprint density at radius 2 is 1.56 bits per heavy atom. The molecule has 1 amide bonds. The Morgan fingerprint density at radius 3 is 2.24 bits per heavy atom. The fraction of sp³-hybridized carbons (Fsp3) is 0.321. The van der Waals surface area contributed by atoms with Crippen LogP contribution in [0.2, 0.25) is 0 Å². The van der Waals surface area contributed by atoms with Gasteiger partial charge in [-0.25, -0.2) is 8.42 Å². The second kappa shape index (κ2) is 9.26. The summed E-state index contributed by atoms with van der Waals surface area (Å²) in [6, 6.07) is 24.3. The lowest BCUT2D eigenvalue weighted by Gasteiger charge is -2.32. The predicted octanol–water partition coefficient (Wildman–Crippen LogP) is 4.92. The Bertz CT molecular complexity index is 1270. The first-order chi connectivity index (χ1) is 16.4. The van der Waals surface area contributed by atoms with E-state index in [1.165, 1.54) is 9.87 Å². The quantitative estimate of drug-likeness (QED) is 0.527. The molecule has 5 rings (SSSR count). The molecule has 2 aliphatic heterocycles. The smallest absolute Gasteiger partial charge is 0.264 e. The van der Waals surface area contributed by atoms with Crippen LogP contribution < -0.4 is 4.31 Å². The van der Waals surface area contributed by atoms with Crippen LogP contribution in [-0.4, -0.2) is 38.4 Å².